The van der Waals surface area contributed by atoms with Gasteiger partial charge in [-0.2, -0.15) is 0 Å². The van der Waals surface area contributed by atoms with Crippen molar-refractivity contribution in [1.29, 1.82) is 0 Å². The van der Waals surface area contributed by atoms with Crippen molar-refractivity contribution in [3.05, 3.63) is 29.6 Å². The molecule has 0 heterocycles. The number of nitrogens with two attached hydrogens (primary N) is 1. The third-order valence-electron chi connectivity index (χ3n) is 3.36. The van der Waals surface area contributed by atoms with Crippen molar-refractivity contribution in [2.45, 2.75) is 31.4 Å². The summed E-state index contributed by atoms with van der Waals surface area (Å²) in [5, 5.41) is 19.0. The Hall–Kier alpha value is -1.13. The van der Waals surface area contributed by atoms with Gasteiger partial charge < -0.3 is 15.9 Å². The zero-order valence-electron chi connectivity index (χ0n) is 8.94. The molecule has 4 N–H and O–H groups in total. The van der Waals surface area contributed by atoms with Gasteiger partial charge in [0.25, 0.3) is 0 Å². The molecule has 88 valence electrons. The van der Waals surface area contributed by atoms with Crippen LogP contribution >= 0.6 is 0 Å². The number of aromatic hydroxyl groups is 1. The van der Waals surface area contributed by atoms with Crippen LogP contribution < -0.4 is 5.73 Å². The largest absolute Gasteiger partial charge is 0.505 e. The third-order valence-corrected chi connectivity index (χ3v) is 3.36. The van der Waals surface area contributed by atoms with Gasteiger partial charge in [-0.25, -0.2) is 4.39 Å². The van der Waals surface area contributed by atoms with Crippen LogP contribution in [0.1, 0.15) is 30.9 Å². The Kier molecular flexibility index (Phi) is 3.12. The van der Waals surface area contributed by atoms with E-state index < -0.39 is 23.7 Å². The van der Waals surface area contributed by atoms with Gasteiger partial charge >= 0.3 is 0 Å². The van der Waals surface area contributed by atoms with E-state index in [4.69, 9.17) is 10.8 Å². The van der Waals surface area contributed by atoms with Crippen molar-refractivity contribution in [2.75, 3.05) is 0 Å². The van der Waals surface area contributed by atoms with Crippen molar-refractivity contribution >= 4 is 0 Å². The Morgan fingerprint density at radius 1 is 1.38 bits per heavy atom. The zero-order valence-corrected chi connectivity index (χ0v) is 8.94. The Balaban J connectivity index is 2.12. The topological polar surface area (TPSA) is 66.5 Å². The van der Waals surface area contributed by atoms with E-state index in [1.165, 1.54) is 12.1 Å². The molecule has 1 aromatic carbocycles. The number of hydrogen-bond acceptors (Lipinski definition) is 3. The summed E-state index contributed by atoms with van der Waals surface area (Å²) in [4.78, 5) is 0. The highest BCUT2D eigenvalue weighted by molar-refractivity contribution is 5.30. The summed E-state index contributed by atoms with van der Waals surface area (Å²) < 4.78 is 13.1. The minimum atomic E-state index is -0.700. The number of rotatable bonds is 3. The van der Waals surface area contributed by atoms with Crippen LogP contribution in [0.4, 0.5) is 4.39 Å². The molecule has 0 radical (unpaired) electrons. The average Bonchev–Trinajstić information content (AvgIpc) is 2.18. The maximum absolute atomic E-state index is 13.1. The predicted octanol–water partition coefficient (Wildman–Crippen LogP) is 1.69. The van der Waals surface area contributed by atoms with Gasteiger partial charge in [0, 0.05) is 0 Å². The highest BCUT2D eigenvalue weighted by Crippen LogP contribution is 2.34. The molecule has 1 aromatic rings. The lowest BCUT2D eigenvalue weighted by atomic mass is 9.77. The molecule has 0 amide bonds. The second-order valence-corrected chi connectivity index (χ2v) is 4.42. The molecule has 2 atom stereocenters. The molecule has 1 saturated carbocycles. The van der Waals surface area contributed by atoms with Crippen LogP contribution in [0.5, 0.6) is 5.75 Å². The van der Waals surface area contributed by atoms with Crippen LogP contribution in [0.3, 0.4) is 0 Å². The van der Waals surface area contributed by atoms with E-state index in [1.807, 2.05) is 0 Å². The third kappa shape index (κ3) is 2.03. The van der Waals surface area contributed by atoms with Crippen molar-refractivity contribution in [3.8, 4) is 5.75 Å². The summed E-state index contributed by atoms with van der Waals surface area (Å²) in [6.07, 6.45) is 2.46. The van der Waals surface area contributed by atoms with Gasteiger partial charge in [0.2, 0.25) is 0 Å². The fourth-order valence-corrected chi connectivity index (χ4v) is 2.00. The number of benzene rings is 1. The lowest BCUT2D eigenvalue weighted by Gasteiger charge is -2.33. The van der Waals surface area contributed by atoms with Crippen molar-refractivity contribution in [3.63, 3.8) is 0 Å². The smallest absolute Gasteiger partial charge is 0.165 e. The Morgan fingerprint density at radius 3 is 2.56 bits per heavy atom. The molecule has 1 fully saturated rings. The molecule has 16 heavy (non-hydrogen) atoms. The molecule has 0 unspecified atom stereocenters. The normalized spacial score (nSPS) is 20.2. The van der Waals surface area contributed by atoms with Crippen LogP contribution in [0, 0.1) is 11.7 Å². The van der Waals surface area contributed by atoms with Crippen LogP contribution in [0.2, 0.25) is 0 Å². The predicted molar refractivity (Wildman–Crippen MR) is 58.3 cm³/mol. The monoisotopic (exact) mass is 225 g/mol. The van der Waals surface area contributed by atoms with Crippen LogP contribution in [0.15, 0.2) is 18.2 Å². The zero-order chi connectivity index (χ0) is 11.7. The quantitative estimate of drug-likeness (QED) is 0.733. The van der Waals surface area contributed by atoms with Crippen LogP contribution in [0.25, 0.3) is 0 Å². The molecule has 0 aliphatic heterocycles. The van der Waals surface area contributed by atoms with Crippen LogP contribution in [-0.4, -0.2) is 16.3 Å². The molecule has 0 aromatic heterocycles. The summed E-state index contributed by atoms with van der Waals surface area (Å²) in [6, 6.07) is 3.41. The minimum Gasteiger partial charge on any atom is -0.505 e. The van der Waals surface area contributed by atoms with Crippen molar-refractivity contribution in [2.24, 2.45) is 11.7 Å². The van der Waals surface area contributed by atoms with Gasteiger partial charge in [0.1, 0.15) is 0 Å². The van der Waals surface area contributed by atoms with Gasteiger partial charge in [-0.3, -0.25) is 0 Å². The number of aliphatic hydroxyl groups is 1. The van der Waals surface area contributed by atoms with Gasteiger partial charge in [0.05, 0.1) is 12.1 Å². The summed E-state index contributed by atoms with van der Waals surface area (Å²) in [5.74, 6) is -0.866. The minimum absolute atomic E-state index is 0.229. The van der Waals surface area contributed by atoms with Crippen molar-refractivity contribution < 1.29 is 14.6 Å². The molecule has 0 bridgehead atoms. The van der Waals surface area contributed by atoms with Gasteiger partial charge in [-0.15, -0.1) is 0 Å². The van der Waals surface area contributed by atoms with Gasteiger partial charge in [-0.1, -0.05) is 12.5 Å². The fraction of sp³-hybridized carbons (Fsp3) is 0.500. The van der Waals surface area contributed by atoms with E-state index in [0.29, 0.717) is 5.56 Å². The second kappa shape index (κ2) is 4.39. The lowest BCUT2D eigenvalue weighted by molar-refractivity contribution is 0.0413. The number of aliphatic hydroxyl groups excluding tert-OH is 1. The maximum Gasteiger partial charge on any atom is 0.165 e. The highest BCUT2D eigenvalue weighted by Gasteiger charge is 2.30. The summed E-state index contributed by atoms with van der Waals surface area (Å²) in [6.45, 7) is 0. The number of phenolic OH excluding ortho intramolecular Hbond substituents is 1. The second-order valence-electron chi connectivity index (χ2n) is 4.42. The van der Waals surface area contributed by atoms with E-state index >= 15 is 0 Å². The summed E-state index contributed by atoms with van der Waals surface area (Å²) in [7, 11) is 0. The molecule has 0 saturated heterocycles. The Bertz CT molecular complexity index is 379. The van der Waals surface area contributed by atoms with Gasteiger partial charge in [0.15, 0.2) is 11.6 Å². The number of halogens is 1. The summed E-state index contributed by atoms with van der Waals surface area (Å²) >= 11 is 0. The fourth-order valence-electron chi connectivity index (χ4n) is 2.00. The molecule has 4 heteroatoms. The lowest BCUT2D eigenvalue weighted by Crippen LogP contribution is -2.36. The molecular weight excluding hydrogens is 209 g/mol. The maximum atomic E-state index is 13.1. The summed E-state index contributed by atoms with van der Waals surface area (Å²) in [5.41, 5.74) is 6.39. The molecule has 1 aliphatic rings. The molecular formula is C12H16FNO2. The average molecular weight is 225 g/mol. The molecule has 1 aliphatic carbocycles. The van der Waals surface area contributed by atoms with E-state index in [-0.39, 0.29) is 5.92 Å². The van der Waals surface area contributed by atoms with E-state index in [0.717, 1.165) is 19.3 Å². The van der Waals surface area contributed by atoms with Crippen molar-refractivity contribution in [1.82, 2.24) is 0 Å². The first-order chi connectivity index (χ1) is 7.59. The molecule has 2 rings (SSSR count). The SMILES string of the molecule is N[C@@H](c1ccc(O)c(F)c1)[C@H](O)C1CCC1. The Morgan fingerprint density at radius 2 is 2.06 bits per heavy atom. The van der Waals surface area contributed by atoms with E-state index in [2.05, 4.69) is 0 Å². The number of hydrogen-bond donors (Lipinski definition) is 3. The highest BCUT2D eigenvalue weighted by atomic mass is 19.1. The van der Waals surface area contributed by atoms with E-state index in [9.17, 15) is 9.50 Å². The molecule has 3 nitrogen and oxygen atoms in total. The molecule has 0 spiro atoms. The van der Waals surface area contributed by atoms with Crippen LogP contribution in [-0.2, 0) is 0 Å². The number of phenols is 1. The first-order valence-electron chi connectivity index (χ1n) is 5.51. The first-order valence-corrected chi connectivity index (χ1v) is 5.51. The Labute approximate surface area is 93.7 Å². The standard InChI is InChI=1S/C12H16FNO2/c13-9-6-8(4-5-10(9)15)11(14)12(16)7-2-1-3-7/h4-7,11-12,15-16H,1-3,14H2/t11-,12+/m0/s1. The van der Waals surface area contributed by atoms with Gasteiger partial charge in [-0.05, 0) is 36.5 Å². The van der Waals surface area contributed by atoms with E-state index in [1.54, 1.807) is 6.07 Å². The first kappa shape index (κ1) is 11.4.